The number of carbonyl (C=O) groups is 1. The molecule has 0 amide bonds. The van der Waals surface area contributed by atoms with E-state index in [9.17, 15) is 9.90 Å². The fraction of sp³-hybridized carbons (Fsp3) is 0.667. The van der Waals surface area contributed by atoms with Gasteiger partial charge in [0.1, 0.15) is 5.78 Å². The first-order valence-electron chi connectivity index (χ1n) is 6.76. The zero-order chi connectivity index (χ0) is 13.8. The fourth-order valence-corrected chi connectivity index (χ4v) is 1.72. The van der Waals surface area contributed by atoms with Gasteiger partial charge in [0.15, 0.2) is 0 Å². The second kappa shape index (κ2) is 11.2. The number of Topliss-reactive ketones (excluding diaryl/α,β-unsaturated/α-hetero) is 1. The molecule has 0 saturated carbocycles. The largest absolute Gasteiger partial charge is 0.396 e. The molecule has 2 atom stereocenters. The topological polar surface area (TPSA) is 57.5 Å². The van der Waals surface area contributed by atoms with E-state index in [2.05, 4.69) is 13.5 Å². The number of unbranched alkanes of at least 4 members (excludes halogenated alkanes) is 1. The van der Waals surface area contributed by atoms with Crippen LogP contribution in [0.2, 0.25) is 0 Å². The van der Waals surface area contributed by atoms with Gasteiger partial charge >= 0.3 is 0 Å². The Labute approximate surface area is 110 Å². The van der Waals surface area contributed by atoms with Crippen LogP contribution < -0.4 is 0 Å². The molecule has 3 nitrogen and oxygen atoms in total. The van der Waals surface area contributed by atoms with Crippen molar-refractivity contribution in [1.29, 1.82) is 0 Å². The van der Waals surface area contributed by atoms with Crippen molar-refractivity contribution in [2.45, 2.75) is 51.6 Å². The Morgan fingerprint density at radius 1 is 1.39 bits per heavy atom. The van der Waals surface area contributed by atoms with E-state index in [4.69, 9.17) is 5.11 Å². The number of aliphatic hydroxyl groups is 2. The van der Waals surface area contributed by atoms with Gasteiger partial charge in [0, 0.05) is 18.9 Å². The van der Waals surface area contributed by atoms with Gasteiger partial charge < -0.3 is 10.2 Å². The highest BCUT2D eigenvalue weighted by Gasteiger charge is 2.15. The first-order valence-corrected chi connectivity index (χ1v) is 6.76. The van der Waals surface area contributed by atoms with E-state index < -0.39 is 6.10 Å². The van der Waals surface area contributed by atoms with Gasteiger partial charge in [-0.1, -0.05) is 31.6 Å². The first-order chi connectivity index (χ1) is 8.65. The van der Waals surface area contributed by atoms with Gasteiger partial charge in [0.25, 0.3) is 0 Å². The Balaban J connectivity index is 3.98. The maximum Gasteiger partial charge on any atom is 0.139 e. The maximum absolute atomic E-state index is 11.8. The molecule has 0 aromatic heterocycles. The van der Waals surface area contributed by atoms with Gasteiger partial charge in [-0.15, -0.1) is 6.58 Å². The molecular weight excluding hydrogens is 228 g/mol. The van der Waals surface area contributed by atoms with Crippen LogP contribution in [0.5, 0.6) is 0 Å². The summed E-state index contributed by atoms with van der Waals surface area (Å²) >= 11 is 0. The summed E-state index contributed by atoms with van der Waals surface area (Å²) in [5, 5.41) is 18.3. The predicted octanol–water partition coefficient (Wildman–Crippen LogP) is 2.63. The summed E-state index contributed by atoms with van der Waals surface area (Å²) in [6.07, 6.45) is 8.85. The third-order valence-electron chi connectivity index (χ3n) is 2.90. The highest BCUT2D eigenvalue weighted by molar-refractivity contribution is 5.82. The molecule has 0 rings (SSSR count). The second-order valence-electron chi connectivity index (χ2n) is 4.50. The van der Waals surface area contributed by atoms with Crippen LogP contribution in [-0.4, -0.2) is 28.7 Å². The van der Waals surface area contributed by atoms with Crippen molar-refractivity contribution in [3.05, 3.63) is 24.8 Å². The molecule has 0 aliphatic rings. The van der Waals surface area contributed by atoms with Gasteiger partial charge in [0.05, 0.1) is 6.10 Å². The number of rotatable bonds is 11. The number of hydrogen-bond acceptors (Lipinski definition) is 3. The molecule has 2 unspecified atom stereocenters. The smallest absolute Gasteiger partial charge is 0.139 e. The Hall–Kier alpha value is -0.930. The SMILES string of the molecule is C=CC(CCC(O)C=CCCO)C(=O)CCCC. The van der Waals surface area contributed by atoms with Gasteiger partial charge in [-0.25, -0.2) is 0 Å². The lowest BCUT2D eigenvalue weighted by Crippen LogP contribution is -2.14. The molecule has 0 aliphatic heterocycles. The van der Waals surface area contributed by atoms with Gasteiger partial charge in [-0.05, 0) is 25.7 Å². The summed E-state index contributed by atoms with van der Waals surface area (Å²) < 4.78 is 0. The molecule has 0 aromatic carbocycles. The molecule has 0 spiro atoms. The highest BCUT2D eigenvalue weighted by atomic mass is 16.3. The zero-order valence-corrected chi connectivity index (χ0v) is 11.3. The Morgan fingerprint density at radius 2 is 2.11 bits per heavy atom. The molecule has 0 radical (unpaired) electrons. The number of carbonyl (C=O) groups excluding carboxylic acids is 1. The van der Waals surface area contributed by atoms with Crippen LogP contribution in [0.25, 0.3) is 0 Å². The standard InChI is InChI=1S/C15H26O3/c1-3-5-9-15(18)13(4-2)10-11-14(17)8-6-7-12-16/h4,6,8,13-14,16-17H,2-3,5,7,9-12H2,1H3. The van der Waals surface area contributed by atoms with E-state index in [0.29, 0.717) is 25.7 Å². The van der Waals surface area contributed by atoms with Crippen LogP contribution in [0.3, 0.4) is 0 Å². The summed E-state index contributed by atoms with van der Waals surface area (Å²) in [5.74, 6) is 0.0795. The van der Waals surface area contributed by atoms with Crippen LogP contribution in [-0.2, 0) is 4.79 Å². The van der Waals surface area contributed by atoms with Crippen molar-refractivity contribution in [3.8, 4) is 0 Å². The Bertz CT molecular complexity index is 258. The van der Waals surface area contributed by atoms with Crippen molar-refractivity contribution >= 4 is 5.78 Å². The normalized spacial score (nSPS) is 14.6. The fourth-order valence-electron chi connectivity index (χ4n) is 1.72. The molecule has 2 N–H and O–H groups in total. The van der Waals surface area contributed by atoms with Crippen LogP contribution in [0.15, 0.2) is 24.8 Å². The van der Waals surface area contributed by atoms with Crippen LogP contribution in [0.4, 0.5) is 0 Å². The number of aliphatic hydroxyl groups excluding tert-OH is 2. The highest BCUT2D eigenvalue weighted by Crippen LogP contribution is 2.15. The summed E-state index contributed by atoms with van der Waals surface area (Å²) in [7, 11) is 0. The molecule has 18 heavy (non-hydrogen) atoms. The first kappa shape index (κ1) is 17.1. The molecule has 0 fully saturated rings. The minimum atomic E-state index is -0.544. The second-order valence-corrected chi connectivity index (χ2v) is 4.50. The Kier molecular flexibility index (Phi) is 10.6. The molecule has 0 aromatic rings. The van der Waals surface area contributed by atoms with Crippen LogP contribution in [0.1, 0.15) is 45.4 Å². The van der Waals surface area contributed by atoms with Gasteiger partial charge in [0.2, 0.25) is 0 Å². The molecule has 0 aliphatic carbocycles. The van der Waals surface area contributed by atoms with Crippen molar-refractivity contribution in [3.63, 3.8) is 0 Å². The van der Waals surface area contributed by atoms with Crippen molar-refractivity contribution in [1.82, 2.24) is 0 Å². The average molecular weight is 254 g/mol. The Morgan fingerprint density at radius 3 is 2.67 bits per heavy atom. The van der Waals surface area contributed by atoms with E-state index in [1.165, 1.54) is 0 Å². The number of hydrogen-bond donors (Lipinski definition) is 2. The molecule has 3 heteroatoms. The van der Waals surface area contributed by atoms with Crippen molar-refractivity contribution < 1.29 is 15.0 Å². The molecule has 104 valence electrons. The lowest BCUT2D eigenvalue weighted by Gasteiger charge is -2.12. The third-order valence-corrected chi connectivity index (χ3v) is 2.90. The van der Waals surface area contributed by atoms with Crippen LogP contribution in [0, 0.1) is 5.92 Å². The lowest BCUT2D eigenvalue weighted by atomic mass is 9.93. The average Bonchev–Trinajstić information content (AvgIpc) is 2.37. The van der Waals surface area contributed by atoms with Crippen molar-refractivity contribution in [2.75, 3.05) is 6.61 Å². The van der Waals surface area contributed by atoms with E-state index in [-0.39, 0.29) is 18.3 Å². The van der Waals surface area contributed by atoms with E-state index in [0.717, 1.165) is 12.8 Å². The lowest BCUT2D eigenvalue weighted by molar-refractivity contribution is -0.121. The van der Waals surface area contributed by atoms with Gasteiger partial charge in [-0.2, -0.15) is 0 Å². The molecule has 0 bridgehead atoms. The van der Waals surface area contributed by atoms with E-state index >= 15 is 0 Å². The van der Waals surface area contributed by atoms with Crippen LogP contribution >= 0.6 is 0 Å². The quantitative estimate of drug-likeness (QED) is 0.557. The summed E-state index contributed by atoms with van der Waals surface area (Å²) in [4.78, 5) is 11.8. The van der Waals surface area contributed by atoms with E-state index in [1.54, 1.807) is 18.2 Å². The number of ketones is 1. The van der Waals surface area contributed by atoms with E-state index in [1.807, 2.05) is 0 Å². The van der Waals surface area contributed by atoms with Crippen molar-refractivity contribution in [2.24, 2.45) is 5.92 Å². The summed E-state index contributed by atoms with van der Waals surface area (Å²) in [6.45, 7) is 5.84. The molecule has 0 heterocycles. The minimum Gasteiger partial charge on any atom is -0.396 e. The molecular formula is C15H26O3. The predicted molar refractivity (Wildman–Crippen MR) is 74.3 cm³/mol. The zero-order valence-electron chi connectivity index (χ0n) is 11.3. The monoisotopic (exact) mass is 254 g/mol. The maximum atomic E-state index is 11.8. The van der Waals surface area contributed by atoms with Gasteiger partial charge in [-0.3, -0.25) is 4.79 Å². The summed E-state index contributed by atoms with van der Waals surface area (Å²) in [5.41, 5.74) is 0. The number of allylic oxidation sites excluding steroid dienone is 1. The summed E-state index contributed by atoms with van der Waals surface area (Å²) in [6, 6.07) is 0. The molecule has 0 saturated heterocycles. The minimum absolute atomic E-state index is 0.0913. The third kappa shape index (κ3) is 8.20.